The summed E-state index contributed by atoms with van der Waals surface area (Å²) in [7, 11) is 0. The van der Waals surface area contributed by atoms with E-state index in [1.807, 2.05) is 11.3 Å². The van der Waals surface area contributed by atoms with Crippen molar-refractivity contribution in [2.24, 2.45) is 0 Å². The van der Waals surface area contributed by atoms with Gasteiger partial charge in [0.15, 0.2) is 0 Å². The van der Waals surface area contributed by atoms with E-state index in [1.165, 1.54) is 91.9 Å². The Morgan fingerprint density at radius 2 is 0.927 bits per heavy atom. The minimum absolute atomic E-state index is 0.124. The first-order valence-electron chi connectivity index (χ1n) is 19.1. The van der Waals surface area contributed by atoms with Gasteiger partial charge in [-0.3, -0.25) is 0 Å². The third-order valence-electron chi connectivity index (χ3n) is 11.8. The molecule has 0 spiro atoms. The van der Waals surface area contributed by atoms with Gasteiger partial charge in [-0.2, -0.15) is 0 Å². The highest BCUT2D eigenvalue weighted by Crippen LogP contribution is 2.53. The maximum absolute atomic E-state index is 2.52. The van der Waals surface area contributed by atoms with Gasteiger partial charge in [-0.05, 0) is 97.1 Å². The molecule has 260 valence electrons. The summed E-state index contributed by atoms with van der Waals surface area (Å²) >= 11 is 1.93. The molecule has 0 amide bonds. The van der Waals surface area contributed by atoms with E-state index >= 15 is 0 Å². The Balaban J connectivity index is 1.24. The van der Waals surface area contributed by atoms with Crippen molar-refractivity contribution in [1.82, 2.24) is 0 Å². The van der Waals surface area contributed by atoms with Crippen LogP contribution in [0.15, 0.2) is 188 Å². The highest BCUT2D eigenvalue weighted by Gasteiger charge is 2.36. The zero-order valence-electron chi connectivity index (χ0n) is 30.8. The molecule has 0 atom stereocenters. The average molecular weight is 720 g/mol. The van der Waals surface area contributed by atoms with Crippen LogP contribution in [0.5, 0.6) is 0 Å². The zero-order chi connectivity index (χ0) is 36.7. The van der Waals surface area contributed by atoms with E-state index in [0.29, 0.717) is 0 Å². The summed E-state index contributed by atoms with van der Waals surface area (Å²) in [6.07, 6.45) is 0. The Morgan fingerprint density at radius 1 is 0.382 bits per heavy atom. The first kappa shape index (κ1) is 32.0. The number of thiophene rings is 1. The number of benzene rings is 9. The van der Waals surface area contributed by atoms with Gasteiger partial charge >= 0.3 is 0 Å². The molecule has 0 unspecified atom stereocenters. The van der Waals surface area contributed by atoms with Gasteiger partial charge in [0, 0.05) is 37.6 Å². The molecule has 11 rings (SSSR count). The average Bonchev–Trinajstić information content (AvgIpc) is 3.75. The quantitative estimate of drug-likeness (QED) is 0.160. The van der Waals surface area contributed by atoms with Crippen LogP contribution in [0.2, 0.25) is 0 Å². The van der Waals surface area contributed by atoms with Crippen LogP contribution >= 0.6 is 11.3 Å². The van der Waals surface area contributed by atoms with Crippen molar-refractivity contribution >= 4 is 70.1 Å². The molecule has 1 aromatic heterocycles. The van der Waals surface area contributed by atoms with Crippen molar-refractivity contribution in [1.29, 1.82) is 0 Å². The second-order valence-corrected chi connectivity index (χ2v) is 16.3. The van der Waals surface area contributed by atoms with Crippen molar-refractivity contribution in [2.75, 3.05) is 4.90 Å². The maximum atomic E-state index is 2.52. The van der Waals surface area contributed by atoms with Crippen LogP contribution in [-0.2, 0) is 5.41 Å². The summed E-state index contributed by atoms with van der Waals surface area (Å²) < 4.78 is 2.62. The van der Waals surface area contributed by atoms with Crippen molar-refractivity contribution in [3.05, 3.63) is 199 Å². The Kier molecular flexibility index (Phi) is 7.14. The van der Waals surface area contributed by atoms with Gasteiger partial charge in [0.05, 0.1) is 10.4 Å². The normalized spacial score (nSPS) is 13.1. The Bertz CT molecular complexity index is 3100. The molecule has 9 aromatic carbocycles. The van der Waals surface area contributed by atoms with E-state index in [1.54, 1.807) is 0 Å². The molecule has 2 heteroatoms. The molecule has 0 saturated heterocycles. The largest absolute Gasteiger partial charge is 0.309 e. The summed E-state index contributed by atoms with van der Waals surface area (Å²) in [6, 6.07) is 69.5. The minimum Gasteiger partial charge on any atom is -0.309 e. The van der Waals surface area contributed by atoms with Gasteiger partial charge in [-0.25, -0.2) is 0 Å². The Hall–Kier alpha value is -6.48. The Morgan fingerprint density at radius 3 is 1.65 bits per heavy atom. The van der Waals surface area contributed by atoms with Crippen LogP contribution in [-0.4, -0.2) is 0 Å². The summed E-state index contributed by atoms with van der Waals surface area (Å²) in [6.45, 7) is 4.74. The SMILES string of the molecule is CC1(C)c2ccccc2-c2ccc(N(c3ccc(-c4ccccc4)cc3)c3cc(-c4ccccc4)cc4c3sc3c5ccccc5c5ccccc5c43)cc21. The lowest BCUT2D eigenvalue weighted by Gasteiger charge is -2.29. The summed E-state index contributed by atoms with van der Waals surface area (Å²) in [5, 5.41) is 7.83. The molecule has 55 heavy (non-hydrogen) atoms. The third-order valence-corrected chi connectivity index (χ3v) is 13.1. The second-order valence-electron chi connectivity index (χ2n) is 15.3. The highest BCUT2D eigenvalue weighted by molar-refractivity contribution is 7.27. The van der Waals surface area contributed by atoms with Gasteiger partial charge in [0.1, 0.15) is 0 Å². The predicted molar refractivity (Wildman–Crippen MR) is 237 cm³/mol. The van der Waals surface area contributed by atoms with E-state index in [0.717, 1.165) is 11.4 Å². The van der Waals surface area contributed by atoms with Gasteiger partial charge in [-0.15, -0.1) is 11.3 Å². The molecule has 1 aliphatic carbocycles. The van der Waals surface area contributed by atoms with Gasteiger partial charge in [0.25, 0.3) is 0 Å². The molecule has 0 fully saturated rings. The Labute approximate surface area is 325 Å². The van der Waals surface area contributed by atoms with Crippen LogP contribution in [0.1, 0.15) is 25.0 Å². The fraction of sp³-hybridized carbons (Fsp3) is 0.0566. The fourth-order valence-electron chi connectivity index (χ4n) is 9.15. The molecule has 10 aromatic rings. The smallest absolute Gasteiger partial charge is 0.0646 e. The number of fused-ring (bicyclic) bond motifs is 11. The minimum atomic E-state index is -0.124. The monoisotopic (exact) mass is 719 g/mol. The van der Waals surface area contributed by atoms with Gasteiger partial charge < -0.3 is 4.90 Å². The van der Waals surface area contributed by atoms with Gasteiger partial charge in [-0.1, -0.05) is 166 Å². The van der Waals surface area contributed by atoms with Crippen LogP contribution in [0.4, 0.5) is 17.1 Å². The molecular weight excluding hydrogens is 683 g/mol. The fourth-order valence-corrected chi connectivity index (χ4v) is 10.5. The van der Waals surface area contributed by atoms with Gasteiger partial charge in [0.2, 0.25) is 0 Å². The lowest BCUT2D eigenvalue weighted by Crippen LogP contribution is -2.16. The molecular formula is C53H37NS. The second kappa shape index (κ2) is 12.3. The molecule has 0 aliphatic heterocycles. The lowest BCUT2D eigenvalue weighted by molar-refractivity contribution is 0.660. The molecule has 0 bridgehead atoms. The topological polar surface area (TPSA) is 3.24 Å². The molecule has 0 saturated carbocycles. The summed E-state index contributed by atoms with van der Waals surface area (Å²) in [4.78, 5) is 2.52. The van der Waals surface area contributed by atoms with E-state index in [4.69, 9.17) is 0 Å². The van der Waals surface area contributed by atoms with Crippen LogP contribution < -0.4 is 4.90 Å². The highest BCUT2D eigenvalue weighted by atomic mass is 32.1. The number of hydrogen-bond donors (Lipinski definition) is 0. The number of rotatable bonds is 5. The predicted octanol–water partition coefficient (Wildman–Crippen LogP) is 15.5. The first-order valence-corrected chi connectivity index (χ1v) is 19.9. The van der Waals surface area contributed by atoms with Crippen molar-refractivity contribution in [3.63, 3.8) is 0 Å². The molecule has 1 heterocycles. The van der Waals surface area contributed by atoms with E-state index in [9.17, 15) is 0 Å². The zero-order valence-corrected chi connectivity index (χ0v) is 31.6. The third kappa shape index (κ3) is 4.92. The van der Waals surface area contributed by atoms with Crippen molar-refractivity contribution in [2.45, 2.75) is 19.3 Å². The van der Waals surface area contributed by atoms with Crippen molar-refractivity contribution < 1.29 is 0 Å². The summed E-state index contributed by atoms with van der Waals surface area (Å²) in [5.41, 5.74) is 13.6. The number of nitrogens with zero attached hydrogens (tertiary/aromatic N) is 1. The first-order chi connectivity index (χ1) is 27.0. The van der Waals surface area contributed by atoms with E-state index in [2.05, 4.69) is 207 Å². The standard InChI is InChI=1S/C53H37NS/c1-53(2)47-24-14-13-21-42(47)43-30-29-39(33-48(43)53)54(38-27-25-36(26-28-38)34-15-5-3-6-16-34)49-32-37(35-17-7-4-8-18-35)31-46-50-44-22-11-9-19-40(44)41-20-10-12-23-45(41)52(50)55-51(46)49/h3-33H,1-2H3. The lowest BCUT2D eigenvalue weighted by atomic mass is 9.82. The van der Waals surface area contributed by atoms with Crippen LogP contribution in [0.3, 0.4) is 0 Å². The molecule has 1 aliphatic rings. The number of anilines is 3. The molecule has 1 nitrogen and oxygen atoms in total. The van der Waals surface area contributed by atoms with E-state index in [-0.39, 0.29) is 5.41 Å². The van der Waals surface area contributed by atoms with Crippen molar-refractivity contribution in [3.8, 4) is 33.4 Å². The van der Waals surface area contributed by atoms with Crippen LogP contribution in [0, 0.1) is 0 Å². The van der Waals surface area contributed by atoms with E-state index < -0.39 is 0 Å². The molecule has 0 radical (unpaired) electrons. The maximum Gasteiger partial charge on any atom is 0.0646 e. The molecule has 0 N–H and O–H groups in total. The van der Waals surface area contributed by atoms with Crippen LogP contribution in [0.25, 0.3) is 75.1 Å². The number of hydrogen-bond acceptors (Lipinski definition) is 2. The summed E-state index contributed by atoms with van der Waals surface area (Å²) in [5.74, 6) is 0.